The van der Waals surface area contributed by atoms with Crippen molar-refractivity contribution in [3.8, 4) is 11.5 Å². The molecule has 0 radical (unpaired) electrons. The van der Waals surface area contributed by atoms with E-state index in [1.807, 2.05) is 42.5 Å². The highest BCUT2D eigenvalue weighted by Crippen LogP contribution is 2.72. The molecule has 2 nitrogen and oxygen atoms in total. The molecule has 0 amide bonds. The van der Waals surface area contributed by atoms with Crippen molar-refractivity contribution in [1.82, 2.24) is 0 Å². The second kappa shape index (κ2) is 7.66. The second-order valence-electron chi connectivity index (χ2n) is 5.00. The molecule has 0 atom stereocenters. The first-order chi connectivity index (χ1) is 11.5. The van der Waals surface area contributed by atoms with Crippen molar-refractivity contribution in [2.45, 2.75) is 9.79 Å². The maximum atomic E-state index is 9.48. The Labute approximate surface area is 154 Å². The van der Waals surface area contributed by atoms with Gasteiger partial charge in [-0.05, 0) is 48.5 Å². The Morgan fingerprint density at radius 2 is 1.04 bits per heavy atom. The second-order valence-corrected chi connectivity index (χ2v) is 15.9. The molecule has 6 heteroatoms. The Bertz CT molecular complexity index is 798. The molecule has 0 aromatic heterocycles. The van der Waals surface area contributed by atoms with Gasteiger partial charge in [0.25, 0.3) is 0 Å². The minimum absolute atomic E-state index is 0.249. The zero-order chi connectivity index (χ0) is 17.0. The van der Waals surface area contributed by atoms with E-state index in [0.29, 0.717) is 0 Å². The molecule has 0 saturated heterocycles. The van der Waals surface area contributed by atoms with E-state index in [4.69, 9.17) is 11.8 Å². The molecule has 0 spiro atoms. The van der Waals surface area contributed by atoms with Gasteiger partial charge in [0, 0.05) is 15.1 Å². The van der Waals surface area contributed by atoms with Crippen molar-refractivity contribution < 1.29 is 10.2 Å². The number of hydrogen-bond acceptors (Lipinski definition) is 5. The Balaban J connectivity index is 1.95. The fourth-order valence-corrected chi connectivity index (χ4v) is 11.6. The standard InChI is InChI=1S/C18H15O2PS3/c19-14-6-10-17(11-7-14)23-21(22,16-4-2-1-3-5-16)24-18-12-8-15(20)9-13-18/h1-13,19-20H. The van der Waals surface area contributed by atoms with Crippen LogP contribution in [0.3, 0.4) is 0 Å². The topological polar surface area (TPSA) is 40.5 Å². The fourth-order valence-electron chi connectivity index (χ4n) is 2.03. The summed E-state index contributed by atoms with van der Waals surface area (Å²) in [4.78, 5) is 2.07. The van der Waals surface area contributed by atoms with E-state index in [1.54, 1.807) is 47.0 Å². The molecule has 2 N–H and O–H groups in total. The summed E-state index contributed by atoms with van der Waals surface area (Å²) in [6.45, 7) is 0. The number of rotatable bonds is 5. The normalized spacial score (nSPS) is 11.3. The lowest BCUT2D eigenvalue weighted by atomic mass is 10.3. The van der Waals surface area contributed by atoms with Crippen LogP contribution in [0.2, 0.25) is 0 Å². The Morgan fingerprint density at radius 1 is 0.625 bits per heavy atom. The van der Waals surface area contributed by atoms with Crippen molar-refractivity contribution in [2.24, 2.45) is 0 Å². The predicted molar refractivity (Wildman–Crippen MR) is 108 cm³/mol. The lowest BCUT2D eigenvalue weighted by Crippen LogP contribution is -1.98. The largest absolute Gasteiger partial charge is 0.508 e. The lowest BCUT2D eigenvalue weighted by Gasteiger charge is -2.21. The van der Waals surface area contributed by atoms with E-state index in [1.165, 1.54) is 0 Å². The molecule has 3 aromatic rings. The summed E-state index contributed by atoms with van der Waals surface area (Å²) in [6.07, 6.45) is 0. The highest BCUT2D eigenvalue weighted by molar-refractivity contribution is 9.02. The third-order valence-electron chi connectivity index (χ3n) is 3.20. The molecule has 0 aliphatic carbocycles. The zero-order valence-corrected chi connectivity index (χ0v) is 15.9. The van der Waals surface area contributed by atoms with Gasteiger partial charge in [-0.3, -0.25) is 0 Å². The summed E-state index contributed by atoms with van der Waals surface area (Å²) in [5.41, 5.74) is 0. The molecule has 0 aliphatic rings. The third kappa shape index (κ3) is 4.37. The molecule has 0 bridgehead atoms. The van der Waals surface area contributed by atoms with Gasteiger partial charge in [-0.15, -0.1) is 0 Å². The molecular formula is C18H15O2PS3. The van der Waals surface area contributed by atoms with Gasteiger partial charge in [0.2, 0.25) is 0 Å². The molecule has 3 rings (SSSR count). The smallest absolute Gasteiger partial charge is 0.115 e. The zero-order valence-electron chi connectivity index (χ0n) is 12.6. The van der Waals surface area contributed by atoms with Crippen LogP contribution >= 0.6 is 27.2 Å². The fraction of sp³-hybridized carbons (Fsp3) is 0. The van der Waals surface area contributed by atoms with Gasteiger partial charge < -0.3 is 10.2 Å². The average molecular weight is 390 g/mol. The molecule has 122 valence electrons. The maximum Gasteiger partial charge on any atom is 0.115 e. The summed E-state index contributed by atoms with van der Waals surface area (Å²) in [7, 11) is 0. The first-order valence-corrected chi connectivity index (χ1v) is 12.8. The Morgan fingerprint density at radius 3 is 1.46 bits per heavy atom. The van der Waals surface area contributed by atoms with Gasteiger partial charge in [0.1, 0.15) is 11.5 Å². The highest BCUT2D eigenvalue weighted by atomic mass is 33.2. The van der Waals surface area contributed by atoms with Crippen LogP contribution in [0.5, 0.6) is 11.5 Å². The van der Waals surface area contributed by atoms with Crippen LogP contribution in [0.15, 0.2) is 88.7 Å². The van der Waals surface area contributed by atoms with Crippen LogP contribution < -0.4 is 5.30 Å². The first kappa shape index (κ1) is 17.4. The average Bonchev–Trinajstić information content (AvgIpc) is 2.60. The van der Waals surface area contributed by atoms with Crippen LogP contribution in [-0.4, -0.2) is 10.2 Å². The summed E-state index contributed by atoms with van der Waals surface area (Å²) in [5.74, 6) is 0.497. The molecule has 24 heavy (non-hydrogen) atoms. The summed E-state index contributed by atoms with van der Waals surface area (Å²) in [6, 6.07) is 24.4. The van der Waals surface area contributed by atoms with Crippen molar-refractivity contribution in [1.29, 1.82) is 0 Å². The van der Waals surface area contributed by atoms with E-state index in [0.717, 1.165) is 15.1 Å². The number of phenolic OH excluding ortho intramolecular Hbond substituents is 2. The van der Waals surface area contributed by atoms with E-state index in [-0.39, 0.29) is 11.5 Å². The molecule has 0 unspecified atom stereocenters. The van der Waals surface area contributed by atoms with Gasteiger partial charge in [-0.2, -0.15) is 0 Å². The van der Waals surface area contributed by atoms with Gasteiger partial charge in [-0.25, -0.2) is 0 Å². The van der Waals surface area contributed by atoms with E-state index in [9.17, 15) is 10.2 Å². The number of hydrogen-bond donors (Lipinski definition) is 2. The predicted octanol–water partition coefficient (Wildman–Crippen LogP) is 5.62. The van der Waals surface area contributed by atoms with E-state index < -0.39 is 4.44 Å². The third-order valence-corrected chi connectivity index (χ3v) is 12.9. The van der Waals surface area contributed by atoms with Crippen LogP contribution in [0, 0.1) is 0 Å². The van der Waals surface area contributed by atoms with Gasteiger partial charge in [-0.1, -0.05) is 64.9 Å². The summed E-state index contributed by atoms with van der Waals surface area (Å²) < 4.78 is -2.04. The van der Waals surface area contributed by atoms with Crippen molar-refractivity contribution >= 4 is 44.3 Å². The number of aromatic hydroxyl groups is 2. The SMILES string of the molecule is Oc1ccc(SP(=S)(Sc2ccc(O)cc2)c2ccccc2)cc1. The molecule has 0 saturated carbocycles. The van der Waals surface area contributed by atoms with Gasteiger partial charge in [0.05, 0.1) is 4.44 Å². The maximum absolute atomic E-state index is 9.48. The van der Waals surface area contributed by atoms with Gasteiger partial charge in [0.15, 0.2) is 0 Å². The van der Waals surface area contributed by atoms with Crippen LogP contribution in [0.25, 0.3) is 0 Å². The minimum atomic E-state index is -2.04. The van der Waals surface area contributed by atoms with Crippen LogP contribution in [-0.2, 0) is 11.8 Å². The van der Waals surface area contributed by atoms with Crippen molar-refractivity contribution in [3.05, 3.63) is 78.9 Å². The quantitative estimate of drug-likeness (QED) is 0.554. The molecule has 3 aromatic carbocycles. The molecule has 0 fully saturated rings. The Kier molecular flexibility index (Phi) is 5.57. The minimum Gasteiger partial charge on any atom is -0.508 e. The van der Waals surface area contributed by atoms with E-state index in [2.05, 4.69) is 12.1 Å². The monoisotopic (exact) mass is 390 g/mol. The van der Waals surface area contributed by atoms with Crippen molar-refractivity contribution in [3.63, 3.8) is 0 Å². The van der Waals surface area contributed by atoms with Gasteiger partial charge >= 0.3 is 0 Å². The highest BCUT2D eigenvalue weighted by Gasteiger charge is 2.23. The molecule has 0 heterocycles. The van der Waals surface area contributed by atoms with Crippen molar-refractivity contribution in [2.75, 3.05) is 0 Å². The number of benzene rings is 3. The molecule has 0 aliphatic heterocycles. The summed E-state index contributed by atoms with van der Waals surface area (Å²) in [5, 5.41) is 20.1. The van der Waals surface area contributed by atoms with E-state index >= 15 is 0 Å². The lowest BCUT2D eigenvalue weighted by molar-refractivity contribution is 0.474. The summed E-state index contributed by atoms with van der Waals surface area (Å²) >= 11 is 9.44. The molecular weight excluding hydrogens is 375 g/mol. The first-order valence-electron chi connectivity index (χ1n) is 7.18. The number of phenols is 2. The van der Waals surface area contributed by atoms with Crippen LogP contribution in [0.1, 0.15) is 0 Å². The Hall–Kier alpha value is -1.39. The van der Waals surface area contributed by atoms with Crippen LogP contribution in [0.4, 0.5) is 0 Å².